The summed E-state index contributed by atoms with van der Waals surface area (Å²) in [7, 11) is 0. The summed E-state index contributed by atoms with van der Waals surface area (Å²) in [6.45, 7) is 2.86. The Morgan fingerprint density at radius 1 is 1.24 bits per heavy atom. The molecule has 0 saturated carbocycles. The lowest BCUT2D eigenvalue weighted by Gasteiger charge is -2.06. The Labute approximate surface area is 99.1 Å². The molecule has 0 aliphatic rings. The highest BCUT2D eigenvalue weighted by molar-refractivity contribution is 6.07. The van der Waals surface area contributed by atoms with E-state index in [9.17, 15) is 14.4 Å². The molecule has 92 valence electrons. The minimum Gasteiger partial charge on any atom is -0.478 e. The second-order valence-electron chi connectivity index (χ2n) is 3.22. The molecule has 0 aromatic carbocycles. The molecule has 6 nitrogen and oxygen atoms in total. The van der Waals surface area contributed by atoms with E-state index in [4.69, 9.17) is 11.5 Å². The van der Waals surface area contributed by atoms with Crippen molar-refractivity contribution in [1.82, 2.24) is 10.6 Å². The molecular weight excluding hydrogens is 224 g/mol. The van der Waals surface area contributed by atoms with Gasteiger partial charge in [-0.2, -0.15) is 0 Å². The molecule has 0 aromatic rings. The van der Waals surface area contributed by atoms with Crippen molar-refractivity contribution >= 4 is 17.9 Å². The zero-order valence-electron chi connectivity index (χ0n) is 9.66. The molecule has 0 unspecified atom stereocenters. The number of imide groups is 1. The zero-order valence-corrected chi connectivity index (χ0v) is 9.66. The Bertz CT molecular complexity index is 404. The standard InChI is InChI=1S/C11H14N2O4/c1-4-5-6-12-11(17)13-9(14)7(2)8(3)10(15)16/h1H,5-6H2,2-3H3,(H,15,16)(H2,12,13,14,17). The third kappa shape index (κ3) is 5.37. The first-order chi connectivity index (χ1) is 7.90. The average molecular weight is 238 g/mol. The van der Waals surface area contributed by atoms with Gasteiger partial charge in [-0.25, -0.2) is 9.59 Å². The van der Waals surface area contributed by atoms with Gasteiger partial charge in [0.05, 0.1) is 0 Å². The van der Waals surface area contributed by atoms with Crippen molar-refractivity contribution in [2.24, 2.45) is 0 Å². The topological polar surface area (TPSA) is 95.5 Å². The molecule has 0 spiro atoms. The number of carbonyl (C=O) groups excluding carboxylic acids is 2. The number of amides is 3. The van der Waals surface area contributed by atoms with Crippen LogP contribution in [0.5, 0.6) is 0 Å². The lowest BCUT2D eigenvalue weighted by molar-refractivity contribution is -0.133. The highest BCUT2D eigenvalue weighted by Gasteiger charge is 2.14. The number of urea groups is 1. The van der Waals surface area contributed by atoms with Crippen molar-refractivity contribution in [1.29, 1.82) is 0 Å². The van der Waals surface area contributed by atoms with Crippen molar-refractivity contribution in [3.8, 4) is 12.3 Å². The van der Waals surface area contributed by atoms with Gasteiger partial charge in [0.2, 0.25) is 0 Å². The van der Waals surface area contributed by atoms with Gasteiger partial charge in [0.15, 0.2) is 0 Å². The summed E-state index contributed by atoms with van der Waals surface area (Å²) >= 11 is 0. The van der Waals surface area contributed by atoms with Crippen LogP contribution in [0.15, 0.2) is 11.1 Å². The van der Waals surface area contributed by atoms with E-state index in [-0.39, 0.29) is 17.7 Å². The minimum atomic E-state index is -1.20. The monoisotopic (exact) mass is 238 g/mol. The predicted octanol–water partition coefficient (Wildman–Crippen LogP) is 0.256. The van der Waals surface area contributed by atoms with E-state index >= 15 is 0 Å². The fourth-order valence-corrected chi connectivity index (χ4v) is 0.820. The first-order valence-corrected chi connectivity index (χ1v) is 4.83. The normalized spacial score (nSPS) is 10.9. The van der Waals surface area contributed by atoms with Crippen LogP contribution in [0.2, 0.25) is 0 Å². The third-order valence-corrected chi connectivity index (χ3v) is 2.01. The molecule has 0 heterocycles. The lowest BCUT2D eigenvalue weighted by atomic mass is 10.1. The van der Waals surface area contributed by atoms with E-state index in [1.807, 2.05) is 5.32 Å². The number of rotatable bonds is 4. The predicted molar refractivity (Wildman–Crippen MR) is 61.0 cm³/mol. The first kappa shape index (κ1) is 14.7. The molecule has 0 radical (unpaired) electrons. The number of nitrogens with one attached hydrogen (secondary N) is 2. The Morgan fingerprint density at radius 2 is 1.82 bits per heavy atom. The molecule has 0 aromatic heterocycles. The second kappa shape index (κ2) is 7.06. The number of terminal acetylenes is 1. The molecule has 0 aliphatic carbocycles. The Hall–Kier alpha value is -2.29. The van der Waals surface area contributed by atoms with Crippen LogP contribution in [0.1, 0.15) is 20.3 Å². The first-order valence-electron chi connectivity index (χ1n) is 4.83. The van der Waals surface area contributed by atoms with E-state index in [1.54, 1.807) is 0 Å². The second-order valence-corrected chi connectivity index (χ2v) is 3.22. The summed E-state index contributed by atoms with van der Waals surface area (Å²) in [6.07, 6.45) is 5.33. The van der Waals surface area contributed by atoms with E-state index in [0.29, 0.717) is 6.42 Å². The van der Waals surface area contributed by atoms with Crippen LogP contribution in [-0.4, -0.2) is 29.6 Å². The summed E-state index contributed by atoms with van der Waals surface area (Å²) in [5.74, 6) is 0.367. The fourth-order valence-electron chi connectivity index (χ4n) is 0.820. The van der Waals surface area contributed by atoms with Crippen LogP contribution in [-0.2, 0) is 9.59 Å². The highest BCUT2D eigenvalue weighted by atomic mass is 16.4. The number of carboxylic acid groups (broad SMARTS) is 1. The molecule has 0 aliphatic heterocycles. The molecule has 17 heavy (non-hydrogen) atoms. The fraction of sp³-hybridized carbons (Fsp3) is 0.364. The van der Waals surface area contributed by atoms with Crippen LogP contribution < -0.4 is 10.6 Å². The van der Waals surface area contributed by atoms with Crippen LogP contribution >= 0.6 is 0 Å². The quantitative estimate of drug-likeness (QED) is 0.372. The van der Waals surface area contributed by atoms with Crippen molar-refractivity contribution in [3.05, 3.63) is 11.1 Å². The van der Waals surface area contributed by atoms with Crippen molar-refractivity contribution < 1.29 is 19.5 Å². The maximum absolute atomic E-state index is 11.4. The van der Waals surface area contributed by atoms with Gasteiger partial charge < -0.3 is 10.4 Å². The highest BCUT2D eigenvalue weighted by Crippen LogP contribution is 2.02. The molecule has 0 saturated heterocycles. The molecule has 0 bridgehead atoms. The minimum absolute atomic E-state index is 0.0235. The zero-order chi connectivity index (χ0) is 13.4. The van der Waals surface area contributed by atoms with Crippen LogP contribution in [0.25, 0.3) is 0 Å². The van der Waals surface area contributed by atoms with E-state index in [2.05, 4.69) is 11.2 Å². The summed E-state index contributed by atoms with van der Waals surface area (Å²) < 4.78 is 0. The van der Waals surface area contributed by atoms with Crippen molar-refractivity contribution in [2.45, 2.75) is 20.3 Å². The summed E-state index contributed by atoms with van der Waals surface area (Å²) in [5, 5.41) is 13.0. The van der Waals surface area contributed by atoms with Crippen molar-refractivity contribution in [3.63, 3.8) is 0 Å². The molecule has 0 rings (SSSR count). The smallest absolute Gasteiger partial charge is 0.331 e. The van der Waals surface area contributed by atoms with Gasteiger partial charge in [-0.1, -0.05) is 0 Å². The molecule has 0 atom stereocenters. The van der Waals surface area contributed by atoms with Crippen LogP contribution in [0.3, 0.4) is 0 Å². The van der Waals surface area contributed by atoms with Crippen LogP contribution in [0.4, 0.5) is 4.79 Å². The molecule has 3 N–H and O–H groups in total. The van der Waals surface area contributed by atoms with Crippen molar-refractivity contribution in [2.75, 3.05) is 6.54 Å². The lowest BCUT2D eigenvalue weighted by Crippen LogP contribution is -2.40. The van der Waals surface area contributed by atoms with Gasteiger partial charge in [-0.3, -0.25) is 10.1 Å². The van der Waals surface area contributed by atoms with Gasteiger partial charge in [-0.05, 0) is 13.8 Å². The average Bonchev–Trinajstić information content (AvgIpc) is 2.27. The Balaban J connectivity index is 4.37. The van der Waals surface area contributed by atoms with E-state index < -0.39 is 17.9 Å². The molecule has 0 fully saturated rings. The molecular formula is C11H14N2O4. The number of hydrogen-bond donors (Lipinski definition) is 3. The number of aliphatic carboxylic acids is 1. The number of hydrogen-bond acceptors (Lipinski definition) is 3. The van der Waals surface area contributed by atoms with Gasteiger partial charge in [0.1, 0.15) is 0 Å². The van der Waals surface area contributed by atoms with Crippen LogP contribution in [0, 0.1) is 12.3 Å². The van der Waals surface area contributed by atoms with Gasteiger partial charge in [0, 0.05) is 24.1 Å². The number of carboxylic acids is 1. The van der Waals surface area contributed by atoms with Gasteiger partial charge >= 0.3 is 12.0 Å². The SMILES string of the molecule is C#CCCNC(=O)NC(=O)C(C)=C(C)C(=O)O. The van der Waals surface area contributed by atoms with E-state index in [1.165, 1.54) is 13.8 Å². The summed E-state index contributed by atoms with van der Waals surface area (Å²) in [6, 6.07) is -0.706. The Morgan fingerprint density at radius 3 is 2.29 bits per heavy atom. The largest absolute Gasteiger partial charge is 0.478 e. The number of carbonyl (C=O) groups is 3. The molecule has 3 amide bonds. The van der Waals surface area contributed by atoms with Gasteiger partial charge in [0.25, 0.3) is 5.91 Å². The van der Waals surface area contributed by atoms with Gasteiger partial charge in [-0.15, -0.1) is 12.3 Å². The summed E-state index contributed by atoms with van der Waals surface area (Å²) in [4.78, 5) is 33.1. The Kier molecular flexibility index (Phi) is 6.11. The maximum Gasteiger partial charge on any atom is 0.331 e. The molecule has 6 heteroatoms. The third-order valence-electron chi connectivity index (χ3n) is 2.01. The van der Waals surface area contributed by atoms with E-state index in [0.717, 1.165) is 0 Å². The summed E-state index contributed by atoms with van der Waals surface area (Å²) in [5.41, 5.74) is -0.136. The maximum atomic E-state index is 11.4.